The molecule has 0 unspecified atom stereocenters. The highest BCUT2D eigenvalue weighted by molar-refractivity contribution is 5.91. The standard InChI is InChI=1S/C23H27N3O4/c1-4-14-29-19-10-11-20(16(3)15-19)24-21(27)12-13-22-25-23(26-30-22)17-6-8-18(9-7-17)28-5-2/h6-11,15H,4-5,12-14H2,1-3H3,(H,24,27). The second-order valence-electron chi connectivity index (χ2n) is 6.84. The van der Waals surface area contributed by atoms with Crippen LogP contribution in [0.2, 0.25) is 0 Å². The Kier molecular flexibility index (Phi) is 7.43. The van der Waals surface area contributed by atoms with Crippen molar-refractivity contribution in [3.63, 3.8) is 0 Å². The largest absolute Gasteiger partial charge is 0.494 e. The Morgan fingerprint density at radius 3 is 2.53 bits per heavy atom. The van der Waals surface area contributed by atoms with Crippen LogP contribution in [-0.4, -0.2) is 29.3 Å². The van der Waals surface area contributed by atoms with E-state index < -0.39 is 0 Å². The van der Waals surface area contributed by atoms with Crippen molar-refractivity contribution >= 4 is 11.6 Å². The molecule has 7 nitrogen and oxygen atoms in total. The number of anilines is 1. The van der Waals surface area contributed by atoms with Gasteiger partial charge >= 0.3 is 0 Å². The van der Waals surface area contributed by atoms with Crippen molar-refractivity contribution in [3.05, 3.63) is 53.9 Å². The number of ether oxygens (including phenoxy) is 2. The van der Waals surface area contributed by atoms with Crippen LogP contribution in [0.4, 0.5) is 5.69 Å². The van der Waals surface area contributed by atoms with Crippen molar-refractivity contribution < 1.29 is 18.8 Å². The van der Waals surface area contributed by atoms with Gasteiger partial charge in [0.25, 0.3) is 0 Å². The van der Waals surface area contributed by atoms with Crippen molar-refractivity contribution in [1.29, 1.82) is 0 Å². The van der Waals surface area contributed by atoms with Crippen molar-refractivity contribution in [3.8, 4) is 22.9 Å². The van der Waals surface area contributed by atoms with Gasteiger partial charge in [-0.3, -0.25) is 4.79 Å². The molecular weight excluding hydrogens is 382 g/mol. The smallest absolute Gasteiger partial charge is 0.227 e. The first kappa shape index (κ1) is 21.4. The number of hydrogen-bond acceptors (Lipinski definition) is 6. The van der Waals surface area contributed by atoms with Gasteiger partial charge in [0.1, 0.15) is 11.5 Å². The molecule has 0 fully saturated rings. The van der Waals surface area contributed by atoms with E-state index in [1.165, 1.54) is 0 Å². The van der Waals surface area contributed by atoms with E-state index in [2.05, 4.69) is 22.4 Å². The summed E-state index contributed by atoms with van der Waals surface area (Å²) in [4.78, 5) is 16.7. The number of amides is 1. The number of carbonyl (C=O) groups is 1. The van der Waals surface area contributed by atoms with Crippen LogP contribution in [0.25, 0.3) is 11.4 Å². The van der Waals surface area contributed by atoms with Gasteiger partial charge in [-0.2, -0.15) is 4.98 Å². The normalized spacial score (nSPS) is 10.6. The highest BCUT2D eigenvalue weighted by atomic mass is 16.5. The molecule has 7 heteroatoms. The van der Waals surface area contributed by atoms with E-state index in [1.54, 1.807) is 0 Å². The fourth-order valence-corrected chi connectivity index (χ4v) is 2.86. The molecule has 0 saturated carbocycles. The fourth-order valence-electron chi connectivity index (χ4n) is 2.86. The highest BCUT2D eigenvalue weighted by Crippen LogP contribution is 2.22. The number of carbonyl (C=O) groups excluding carboxylic acids is 1. The minimum atomic E-state index is -0.110. The molecule has 1 amide bonds. The first-order valence-corrected chi connectivity index (χ1v) is 10.2. The van der Waals surface area contributed by atoms with Crippen LogP contribution < -0.4 is 14.8 Å². The molecule has 0 atom stereocenters. The van der Waals surface area contributed by atoms with Gasteiger partial charge in [-0.15, -0.1) is 0 Å². The molecule has 3 aromatic rings. The predicted molar refractivity (Wildman–Crippen MR) is 115 cm³/mol. The van der Waals surface area contributed by atoms with Crippen LogP contribution in [0.15, 0.2) is 47.0 Å². The summed E-state index contributed by atoms with van der Waals surface area (Å²) in [6, 6.07) is 13.1. The quantitative estimate of drug-likeness (QED) is 0.517. The van der Waals surface area contributed by atoms with Gasteiger partial charge in [0.2, 0.25) is 17.6 Å². The zero-order valence-electron chi connectivity index (χ0n) is 17.6. The van der Waals surface area contributed by atoms with Gasteiger partial charge in [0, 0.05) is 24.1 Å². The average molecular weight is 409 g/mol. The third-order valence-corrected chi connectivity index (χ3v) is 4.40. The Balaban J connectivity index is 1.53. The van der Waals surface area contributed by atoms with Gasteiger partial charge in [-0.25, -0.2) is 0 Å². The van der Waals surface area contributed by atoms with Gasteiger partial charge in [-0.1, -0.05) is 12.1 Å². The third-order valence-electron chi connectivity index (χ3n) is 4.40. The fraction of sp³-hybridized carbons (Fsp3) is 0.348. The maximum Gasteiger partial charge on any atom is 0.227 e. The molecule has 3 rings (SSSR count). The van der Waals surface area contributed by atoms with E-state index in [9.17, 15) is 4.79 Å². The summed E-state index contributed by atoms with van der Waals surface area (Å²) in [6.07, 6.45) is 1.57. The van der Waals surface area contributed by atoms with Crippen LogP contribution >= 0.6 is 0 Å². The van der Waals surface area contributed by atoms with Crippen LogP contribution in [-0.2, 0) is 11.2 Å². The third kappa shape index (κ3) is 5.83. The van der Waals surface area contributed by atoms with E-state index >= 15 is 0 Å². The van der Waals surface area contributed by atoms with Gasteiger partial charge in [0.05, 0.1) is 13.2 Å². The number of benzene rings is 2. The molecule has 0 bridgehead atoms. The molecule has 30 heavy (non-hydrogen) atoms. The van der Waals surface area contributed by atoms with Gasteiger partial charge < -0.3 is 19.3 Å². The maximum atomic E-state index is 12.3. The van der Waals surface area contributed by atoms with Gasteiger partial charge in [-0.05, 0) is 68.3 Å². The molecular formula is C23H27N3O4. The minimum absolute atomic E-state index is 0.110. The second-order valence-corrected chi connectivity index (χ2v) is 6.84. The molecule has 0 saturated heterocycles. The molecule has 1 aromatic heterocycles. The van der Waals surface area contributed by atoms with E-state index in [0.717, 1.165) is 34.7 Å². The Bertz CT molecular complexity index is 967. The highest BCUT2D eigenvalue weighted by Gasteiger charge is 2.12. The molecule has 0 aliphatic heterocycles. The van der Waals surface area contributed by atoms with E-state index in [0.29, 0.717) is 31.3 Å². The lowest BCUT2D eigenvalue weighted by Crippen LogP contribution is -2.13. The van der Waals surface area contributed by atoms with Crippen molar-refractivity contribution in [2.75, 3.05) is 18.5 Å². The van der Waals surface area contributed by atoms with Crippen LogP contribution in [0.5, 0.6) is 11.5 Å². The number of hydrogen-bond donors (Lipinski definition) is 1. The Morgan fingerprint density at radius 2 is 1.83 bits per heavy atom. The maximum absolute atomic E-state index is 12.3. The topological polar surface area (TPSA) is 86.5 Å². The minimum Gasteiger partial charge on any atom is -0.494 e. The summed E-state index contributed by atoms with van der Waals surface area (Å²) in [5.41, 5.74) is 2.55. The Morgan fingerprint density at radius 1 is 1.07 bits per heavy atom. The molecule has 158 valence electrons. The molecule has 1 N–H and O–H groups in total. The van der Waals surface area contributed by atoms with Crippen molar-refractivity contribution in [1.82, 2.24) is 10.1 Å². The van der Waals surface area contributed by atoms with Crippen LogP contribution in [0, 0.1) is 6.92 Å². The summed E-state index contributed by atoms with van der Waals surface area (Å²) in [7, 11) is 0. The molecule has 1 heterocycles. The number of aryl methyl sites for hydroxylation is 2. The Labute approximate surface area is 176 Å². The van der Waals surface area contributed by atoms with Crippen LogP contribution in [0.1, 0.15) is 38.1 Å². The number of nitrogens with one attached hydrogen (secondary N) is 1. The van der Waals surface area contributed by atoms with Crippen molar-refractivity contribution in [2.45, 2.75) is 40.0 Å². The zero-order valence-corrected chi connectivity index (χ0v) is 17.6. The predicted octanol–water partition coefficient (Wildman–Crippen LogP) is 4.80. The van der Waals surface area contributed by atoms with Gasteiger partial charge in [0.15, 0.2) is 0 Å². The first-order chi connectivity index (χ1) is 14.6. The van der Waals surface area contributed by atoms with Crippen LogP contribution in [0.3, 0.4) is 0 Å². The number of rotatable bonds is 10. The molecule has 0 spiro atoms. The van der Waals surface area contributed by atoms with Crippen molar-refractivity contribution in [2.24, 2.45) is 0 Å². The lowest BCUT2D eigenvalue weighted by Gasteiger charge is -2.10. The lowest BCUT2D eigenvalue weighted by atomic mass is 10.2. The summed E-state index contributed by atoms with van der Waals surface area (Å²) in [5, 5.41) is 6.92. The number of aromatic nitrogens is 2. The summed E-state index contributed by atoms with van der Waals surface area (Å²) < 4.78 is 16.3. The monoisotopic (exact) mass is 409 g/mol. The SMILES string of the molecule is CCCOc1ccc(NC(=O)CCc2nc(-c3ccc(OCC)cc3)no2)c(C)c1. The summed E-state index contributed by atoms with van der Waals surface area (Å²) >= 11 is 0. The molecule has 0 aliphatic carbocycles. The lowest BCUT2D eigenvalue weighted by molar-refractivity contribution is -0.116. The molecule has 0 aliphatic rings. The van der Waals surface area contributed by atoms with E-state index in [4.69, 9.17) is 14.0 Å². The summed E-state index contributed by atoms with van der Waals surface area (Å²) in [6.45, 7) is 7.23. The number of nitrogens with zero attached hydrogens (tertiary/aromatic N) is 2. The summed E-state index contributed by atoms with van der Waals surface area (Å²) in [5.74, 6) is 2.41. The Hall–Kier alpha value is -3.35. The molecule has 0 radical (unpaired) electrons. The van der Waals surface area contributed by atoms with E-state index in [1.807, 2.05) is 56.3 Å². The zero-order chi connectivity index (χ0) is 21.3. The average Bonchev–Trinajstić information content (AvgIpc) is 3.22. The first-order valence-electron chi connectivity index (χ1n) is 10.2. The molecule has 2 aromatic carbocycles. The second kappa shape index (κ2) is 10.4. The van der Waals surface area contributed by atoms with E-state index in [-0.39, 0.29) is 12.3 Å².